The molecule has 2 aromatic rings. The van der Waals surface area contributed by atoms with Gasteiger partial charge in [0.05, 0.1) is 26.0 Å². The molecule has 0 amide bonds. The third-order valence-electron chi connectivity index (χ3n) is 4.41. The largest absolute Gasteiger partial charge is 0.469 e. The molecule has 0 unspecified atom stereocenters. The van der Waals surface area contributed by atoms with Crippen LogP contribution in [0.1, 0.15) is 17.2 Å². The van der Waals surface area contributed by atoms with Crippen LogP contribution in [0.3, 0.4) is 0 Å². The zero-order valence-electron chi connectivity index (χ0n) is 14.1. The number of hydrogen-bond acceptors (Lipinski definition) is 5. The second-order valence-corrected chi connectivity index (χ2v) is 5.79. The van der Waals surface area contributed by atoms with Crippen LogP contribution < -0.4 is 0 Å². The first-order valence-electron chi connectivity index (χ1n) is 8.01. The van der Waals surface area contributed by atoms with Crippen LogP contribution in [-0.4, -0.2) is 31.9 Å². The zero-order chi connectivity index (χ0) is 17.8. The highest BCUT2D eigenvalue weighted by Crippen LogP contribution is 2.41. The third kappa shape index (κ3) is 3.18. The molecule has 0 bridgehead atoms. The molecular formula is C20H19NO4. The highest BCUT2D eigenvalue weighted by Gasteiger charge is 2.49. The number of esters is 2. The van der Waals surface area contributed by atoms with E-state index in [1.165, 1.54) is 14.2 Å². The van der Waals surface area contributed by atoms with Crippen molar-refractivity contribution in [2.45, 2.75) is 6.04 Å². The van der Waals surface area contributed by atoms with E-state index >= 15 is 0 Å². The Kier molecular flexibility index (Phi) is 4.93. The van der Waals surface area contributed by atoms with E-state index in [0.29, 0.717) is 5.71 Å². The molecule has 0 N–H and O–H groups in total. The van der Waals surface area contributed by atoms with Gasteiger partial charge in [0.1, 0.15) is 11.8 Å². The summed E-state index contributed by atoms with van der Waals surface area (Å²) in [6, 6.07) is 18.3. The Labute approximate surface area is 146 Å². The number of rotatable bonds is 4. The molecule has 1 aliphatic heterocycles. The minimum atomic E-state index is -0.801. The fourth-order valence-electron chi connectivity index (χ4n) is 3.24. The highest BCUT2D eigenvalue weighted by atomic mass is 16.5. The van der Waals surface area contributed by atoms with Crippen molar-refractivity contribution in [3.63, 3.8) is 0 Å². The summed E-state index contributed by atoms with van der Waals surface area (Å²) in [6.45, 7) is 0. The maximum atomic E-state index is 12.5. The maximum Gasteiger partial charge on any atom is 0.315 e. The van der Waals surface area contributed by atoms with Crippen molar-refractivity contribution in [1.29, 1.82) is 0 Å². The number of methoxy groups -OCH3 is 2. The number of aliphatic imine (C=N–C) groups is 1. The van der Waals surface area contributed by atoms with Gasteiger partial charge in [-0.3, -0.25) is 14.6 Å². The van der Waals surface area contributed by atoms with E-state index in [0.717, 1.165) is 11.1 Å². The van der Waals surface area contributed by atoms with Crippen LogP contribution in [0.15, 0.2) is 65.7 Å². The molecule has 3 atom stereocenters. The number of carbonyl (C=O) groups excluding carboxylic acids is 2. The van der Waals surface area contributed by atoms with E-state index in [1.54, 1.807) is 0 Å². The van der Waals surface area contributed by atoms with Crippen LogP contribution in [0.25, 0.3) is 0 Å². The minimum Gasteiger partial charge on any atom is -0.469 e. The quantitative estimate of drug-likeness (QED) is 0.805. The van der Waals surface area contributed by atoms with Gasteiger partial charge in [-0.25, -0.2) is 0 Å². The van der Waals surface area contributed by atoms with E-state index in [2.05, 4.69) is 0 Å². The van der Waals surface area contributed by atoms with E-state index in [-0.39, 0.29) is 0 Å². The van der Waals surface area contributed by atoms with Crippen molar-refractivity contribution in [2.24, 2.45) is 16.8 Å². The number of carbonyl (C=O) groups is 2. The van der Waals surface area contributed by atoms with E-state index < -0.39 is 29.8 Å². The first-order valence-corrected chi connectivity index (χ1v) is 8.01. The molecule has 1 heterocycles. The fourth-order valence-corrected chi connectivity index (χ4v) is 3.24. The average molecular weight is 337 g/mol. The minimum absolute atomic E-state index is 0.473. The van der Waals surface area contributed by atoms with Gasteiger partial charge in [0.15, 0.2) is 0 Å². The second kappa shape index (κ2) is 7.30. The lowest BCUT2D eigenvalue weighted by atomic mass is 9.82. The molecule has 25 heavy (non-hydrogen) atoms. The molecule has 2 aromatic carbocycles. The number of ether oxygens (including phenoxy) is 2. The summed E-state index contributed by atoms with van der Waals surface area (Å²) in [5.74, 6) is -2.52. The Balaban J connectivity index is 2.14. The lowest BCUT2D eigenvalue weighted by Gasteiger charge is -2.21. The first kappa shape index (κ1) is 16.9. The zero-order valence-corrected chi connectivity index (χ0v) is 14.1. The lowest BCUT2D eigenvalue weighted by Crippen LogP contribution is -2.35. The van der Waals surface area contributed by atoms with Gasteiger partial charge < -0.3 is 9.47 Å². The number of nitrogens with zero attached hydrogens (tertiary/aromatic N) is 1. The van der Waals surface area contributed by atoms with E-state index in [9.17, 15) is 9.59 Å². The van der Waals surface area contributed by atoms with Crippen molar-refractivity contribution in [2.75, 3.05) is 14.2 Å². The first-order chi connectivity index (χ1) is 12.2. The molecule has 0 saturated carbocycles. The second-order valence-electron chi connectivity index (χ2n) is 5.79. The van der Waals surface area contributed by atoms with Crippen LogP contribution >= 0.6 is 0 Å². The molecular weight excluding hydrogens is 318 g/mol. The summed E-state index contributed by atoms with van der Waals surface area (Å²) in [7, 11) is 2.63. The molecule has 1 aliphatic rings. The lowest BCUT2D eigenvalue weighted by molar-refractivity contribution is -0.154. The Morgan fingerprint density at radius 2 is 1.40 bits per heavy atom. The van der Waals surface area contributed by atoms with Gasteiger partial charge in [0.2, 0.25) is 0 Å². The predicted molar refractivity (Wildman–Crippen MR) is 93.2 cm³/mol. The van der Waals surface area contributed by atoms with Crippen LogP contribution in [0.4, 0.5) is 0 Å². The van der Waals surface area contributed by atoms with E-state index in [4.69, 9.17) is 14.5 Å². The molecule has 0 saturated heterocycles. The predicted octanol–water partition coefficient (Wildman–Crippen LogP) is 2.81. The summed E-state index contributed by atoms with van der Waals surface area (Å²) in [6.07, 6.45) is 0. The fraction of sp³-hybridized carbons (Fsp3) is 0.250. The Morgan fingerprint density at radius 1 is 0.840 bits per heavy atom. The van der Waals surface area contributed by atoms with Crippen LogP contribution in [-0.2, 0) is 19.1 Å². The van der Waals surface area contributed by atoms with Crippen molar-refractivity contribution in [3.8, 4) is 0 Å². The molecule has 0 aromatic heterocycles. The van der Waals surface area contributed by atoms with Crippen molar-refractivity contribution in [3.05, 3.63) is 71.8 Å². The maximum absolute atomic E-state index is 12.5. The smallest absolute Gasteiger partial charge is 0.315 e. The molecule has 0 radical (unpaired) electrons. The summed E-state index contributed by atoms with van der Waals surface area (Å²) in [5, 5.41) is 0. The van der Waals surface area contributed by atoms with Gasteiger partial charge in [0, 0.05) is 0 Å². The van der Waals surface area contributed by atoms with Crippen molar-refractivity contribution in [1.82, 2.24) is 0 Å². The molecule has 0 spiro atoms. The van der Waals surface area contributed by atoms with Crippen molar-refractivity contribution >= 4 is 17.7 Å². The molecule has 128 valence electrons. The topological polar surface area (TPSA) is 65.0 Å². The summed E-state index contributed by atoms with van der Waals surface area (Å²) in [5.41, 5.74) is 2.21. The molecule has 0 fully saturated rings. The van der Waals surface area contributed by atoms with E-state index in [1.807, 2.05) is 60.7 Å². The molecule has 3 rings (SSSR count). The normalized spacial score (nSPS) is 22.2. The average Bonchev–Trinajstić information content (AvgIpc) is 3.08. The molecule has 5 nitrogen and oxygen atoms in total. The van der Waals surface area contributed by atoms with Crippen LogP contribution in [0.2, 0.25) is 0 Å². The standard InChI is InChI=1S/C20H19NO4/c1-24-19(22)15-16(20(23)25-2)18(14-11-7-4-8-12-14)21-17(15)13-9-5-3-6-10-13/h3-12,15-17H,1-2H3/t15-,16-,17-/m0/s1. The highest BCUT2D eigenvalue weighted by molar-refractivity contribution is 6.15. The number of hydrogen-bond donors (Lipinski definition) is 0. The van der Waals surface area contributed by atoms with Gasteiger partial charge in [-0.2, -0.15) is 0 Å². The Hall–Kier alpha value is -2.95. The van der Waals surface area contributed by atoms with Gasteiger partial charge in [-0.1, -0.05) is 60.7 Å². The van der Waals surface area contributed by atoms with Crippen molar-refractivity contribution < 1.29 is 19.1 Å². The van der Waals surface area contributed by atoms with Crippen LogP contribution in [0, 0.1) is 11.8 Å². The summed E-state index contributed by atoms with van der Waals surface area (Å²) >= 11 is 0. The number of benzene rings is 2. The Bertz CT molecular complexity index is 786. The summed E-state index contributed by atoms with van der Waals surface area (Å²) in [4.78, 5) is 29.7. The molecule has 0 aliphatic carbocycles. The monoisotopic (exact) mass is 337 g/mol. The molecule has 5 heteroatoms. The van der Waals surface area contributed by atoms with Gasteiger partial charge >= 0.3 is 11.9 Å². The SMILES string of the molecule is COC(=O)[C@@H]1C(c2ccccc2)=N[C@@H](c2ccccc2)[C@H]1C(=O)OC. The van der Waals surface area contributed by atoms with Crippen LogP contribution in [0.5, 0.6) is 0 Å². The third-order valence-corrected chi connectivity index (χ3v) is 4.41. The Morgan fingerprint density at radius 3 is 1.96 bits per heavy atom. The van der Waals surface area contributed by atoms with Gasteiger partial charge in [0.25, 0.3) is 0 Å². The van der Waals surface area contributed by atoms with Gasteiger partial charge in [-0.15, -0.1) is 0 Å². The summed E-state index contributed by atoms with van der Waals surface area (Å²) < 4.78 is 9.94. The van der Waals surface area contributed by atoms with Gasteiger partial charge in [-0.05, 0) is 11.1 Å².